The Kier molecular flexibility index (Phi) is 9.33. The number of carbonyl (C=O) groups is 2. The number of amides is 1. The third-order valence-electron chi connectivity index (χ3n) is 5.21. The van der Waals surface area contributed by atoms with Gasteiger partial charge in [-0.2, -0.15) is 0 Å². The van der Waals surface area contributed by atoms with Crippen LogP contribution in [0.25, 0.3) is 0 Å². The molecular weight excluding hydrogens is 418 g/mol. The second kappa shape index (κ2) is 11.3. The molecule has 0 saturated carbocycles. The van der Waals surface area contributed by atoms with Crippen LogP contribution in [0.3, 0.4) is 0 Å². The number of aliphatic hydroxyl groups is 3. The maximum absolute atomic E-state index is 11.7. The van der Waals surface area contributed by atoms with Crippen molar-refractivity contribution in [2.24, 2.45) is 0 Å². The molecule has 0 aliphatic carbocycles. The van der Waals surface area contributed by atoms with Crippen molar-refractivity contribution in [3.8, 4) is 0 Å². The molecule has 2 aliphatic heterocycles. The molecule has 10 unspecified atom stereocenters. The molecule has 1 amide bonds. The van der Waals surface area contributed by atoms with E-state index in [0.717, 1.165) is 0 Å². The van der Waals surface area contributed by atoms with E-state index < -0.39 is 73.0 Å². The van der Waals surface area contributed by atoms with Crippen molar-refractivity contribution in [1.29, 1.82) is 0 Å². The molecule has 2 rings (SSSR count). The first-order valence-corrected chi connectivity index (χ1v) is 9.84. The molecule has 0 aromatic carbocycles. The maximum Gasteiger partial charge on any atom is 0.335 e. The second-order valence-corrected chi connectivity index (χ2v) is 7.47. The lowest BCUT2D eigenvalue weighted by Crippen LogP contribution is -2.67. The van der Waals surface area contributed by atoms with E-state index >= 15 is 0 Å². The van der Waals surface area contributed by atoms with E-state index in [-0.39, 0.29) is 13.2 Å². The van der Waals surface area contributed by atoms with E-state index in [4.69, 9.17) is 23.7 Å². The number of hydrogen-bond acceptors (Lipinski definition) is 10. The fraction of sp³-hybridized carbons (Fsp3) is 0.789. The van der Waals surface area contributed by atoms with Gasteiger partial charge in [0.2, 0.25) is 5.91 Å². The van der Waals surface area contributed by atoms with Crippen LogP contribution in [0.2, 0.25) is 0 Å². The fourth-order valence-electron chi connectivity index (χ4n) is 3.70. The minimum atomic E-state index is -1.68. The Bertz CT molecular complexity index is 632. The molecule has 0 aromatic rings. The molecule has 0 bridgehead atoms. The van der Waals surface area contributed by atoms with Crippen molar-refractivity contribution in [2.75, 3.05) is 20.3 Å². The molecule has 12 nitrogen and oxygen atoms in total. The van der Waals surface area contributed by atoms with Crippen molar-refractivity contribution in [1.82, 2.24) is 5.32 Å². The number of carboxylic acid groups (broad SMARTS) is 1. The zero-order valence-electron chi connectivity index (χ0n) is 17.6. The predicted octanol–water partition coefficient (Wildman–Crippen LogP) is -2.23. The summed E-state index contributed by atoms with van der Waals surface area (Å²) in [5, 5.41) is 43.6. The van der Waals surface area contributed by atoms with Crippen molar-refractivity contribution in [2.45, 2.75) is 75.0 Å². The number of aliphatic hydroxyl groups excluding tert-OH is 3. The summed E-state index contributed by atoms with van der Waals surface area (Å²) >= 11 is 0. The van der Waals surface area contributed by atoms with Gasteiger partial charge < -0.3 is 49.4 Å². The number of methoxy groups -OCH3 is 1. The fourth-order valence-corrected chi connectivity index (χ4v) is 3.70. The smallest absolute Gasteiger partial charge is 0.335 e. The van der Waals surface area contributed by atoms with Gasteiger partial charge in [-0.15, -0.1) is 6.58 Å². The quantitative estimate of drug-likeness (QED) is 0.190. The highest BCUT2D eigenvalue weighted by Gasteiger charge is 2.52. The zero-order chi connectivity index (χ0) is 23.3. The molecular formula is C19H31NO11. The first kappa shape index (κ1) is 25.6. The SMILES string of the molecule is C=CCOCC1OC(C)C(NC(C)=O)C(OC2OC(C(=O)O)C(OC)C(O)C2O)C1O. The van der Waals surface area contributed by atoms with Crippen molar-refractivity contribution in [3.05, 3.63) is 12.7 Å². The molecule has 2 aliphatic rings. The lowest BCUT2D eigenvalue weighted by Gasteiger charge is -2.47. The summed E-state index contributed by atoms with van der Waals surface area (Å²) in [5.74, 6) is -1.85. The Morgan fingerprint density at radius 1 is 1.13 bits per heavy atom. The summed E-state index contributed by atoms with van der Waals surface area (Å²) in [6.45, 7) is 6.67. The molecule has 2 heterocycles. The molecule has 178 valence electrons. The Morgan fingerprint density at radius 3 is 2.35 bits per heavy atom. The van der Waals surface area contributed by atoms with Crippen LogP contribution in [0.5, 0.6) is 0 Å². The van der Waals surface area contributed by atoms with Gasteiger partial charge in [-0.1, -0.05) is 6.08 Å². The van der Waals surface area contributed by atoms with Crippen LogP contribution in [0.15, 0.2) is 12.7 Å². The topological polar surface area (TPSA) is 173 Å². The average Bonchev–Trinajstić information content (AvgIpc) is 2.70. The summed E-state index contributed by atoms with van der Waals surface area (Å²) in [5.41, 5.74) is 0. The number of aliphatic carboxylic acids is 1. The van der Waals surface area contributed by atoms with Gasteiger partial charge in [0.05, 0.1) is 25.4 Å². The lowest BCUT2D eigenvalue weighted by molar-refractivity contribution is -0.327. The molecule has 2 fully saturated rings. The minimum absolute atomic E-state index is 0.00954. The number of carboxylic acids is 1. The van der Waals surface area contributed by atoms with Crippen LogP contribution >= 0.6 is 0 Å². The van der Waals surface area contributed by atoms with Gasteiger partial charge >= 0.3 is 5.97 Å². The summed E-state index contributed by atoms with van der Waals surface area (Å²) in [6.07, 6.45) is -10.4. The van der Waals surface area contributed by atoms with Gasteiger partial charge in [0.25, 0.3) is 0 Å². The van der Waals surface area contributed by atoms with Gasteiger partial charge in [-0.05, 0) is 6.92 Å². The number of rotatable bonds is 9. The highest BCUT2D eigenvalue weighted by Crippen LogP contribution is 2.30. The first-order valence-electron chi connectivity index (χ1n) is 9.84. The largest absolute Gasteiger partial charge is 0.479 e. The molecule has 10 atom stereocenters. The number of hydrogen-bond donors (Lipinski definition) is 5. The number of ether oxygens (including phenoxy) is 5. The highest BCUT2D eigenvalue weighted by atomic mass is 16.7. The number of nitrogens with one attached hydrogen (secondary N) is 1. The average molecular weight is 449 g/mol. The van der Waals surface area contributed by atoms with Crippen LogP contribution < -0.4 is 5.32 Å². The summed E-state index contributed by atoms with van der Waals surface area (Å²) in [7, 11) is 1.17. The molecule has 0 radical (unpaired) electrons. The third kappa shape index (κ3) is 5.99. The Hall–Kier alpha value is -1.64. The predicted molar refractivity (Wildman–Crippen MR) is 103 cm³/mol. The van der Waals surface area contributed by atoms with Crippen molar-refractivity contribution >= 4 is 11.9 Å². The molecule has 31 heavy (non-hydrogen) atoms. The van der Waals surface area contributed by atoms with E-state index in [1.807, 2.05) is 0 Å². The maximum atomic E-state index is 11.7. The van der Waals surface area contributed by atoms with Crippen molar-refractivity contribution < 1.29 is 53.7 Å². The highest BCUT2D eigenvalue weighted by molar-refractivity contribution is 5.73. The first-order chi connectivity index (χ1) is 14.6. The van der Waals surface area contributed by atoms with Crippen molar-refractivity contribution in [3.63, 3.8) is 0 Å². The van der Waals surface area contributed by atoms with E-state index in [1.54, 1.807) is 6.92 Å². The number of carbonyl (C=O) groups excluding carboxylic acids is 1. The molecule has 12 heteroatoms. The van der Waals surface area contributed by atoms with Crippen LogP contribution in [-0.4, -0.2) is 114 Å². The van der Waals surface area contributed by atoms with E-state index in [0.29, 0.717) is 0 Å². The van der Waals surface area contributed by atoms with Crippen LogP contribution in [-0.2, 0) is 33.3 Å². The van der Waals surface area contributed by atoms with Gasteiger partial charge in [-0.3, -0.25) is 4.79 Å². The second-order valence-electron chi connectivity index (χ2n) is 7.47. The Morgan fingerprint density at radius 2 is 1.81 bits per heavy atom. The summed E-state index contributed by atoms with van der Waals surface area (Å²) in [4.78, 5) is 23.2. The van der Waals surface area contributed by atoms with E-state index in [1.165, 1.54) is 20.1 Å². The summed E-state index contributed by atoms with van der Waals surface area (Å²) < 4.78 is 27.1. The molecule has 5 N–H and O–H groups in total. The molecule has 0 spiro atoms. The van der Waals surface area contributed by atoms with E-state index in [2.05, 4.69) is 11.9 Å². The van der Waals surface area contributed by atoms with Crippen LogP contribution in [0, 0.1) is 0 Å². The Labute approximate surface area is 179 Å². The normalized spacial score (nSPS) is 40.8. The third-order valence-corrected chi connectivity index (χ3v) is 5.21. The zero-order valence-corrected chi connectivity index (χ0v) is 17.6. The van der Waals surface area contributed by atoms with Gasteiger partial charge in [0.1, 0.15) is 36.6 Å². The lowest BCUT2D eigenvalue weighted by atomic mass is 9.92. The van der Waals surface area contributed by atoms with E-state index in [9.17, 15) is 30.0 Å². The Balaban J connectivity index is 2.25. The van der Waals surface area contributed by atoms with Gasteiger partial charge in [0.15, 0.2) is 12.4 Å². The standard InChI is InChI=1S/C19H31NO11/c1-5-6-28-7-10-12(22)15(11(8(2)29-10)20-9(3)21)30-19-14(24)13(23)16(27-4)17(31-19)18(25)26/h5,8,10-17,19,22-24H,1,6-7H2,2-4H3,(H,20,21)(H,25,26). The summed E-state index contributed by atoms with van der Waals surface area (Å²) in [6, 6.07) is -0.862. The molecule has 0 aromatic heterocycles. The van der Waals surface area contributed by atoms with Crippen LogP contribution in [0.1, 0.15) is 13.8 Å². The minimum Gasteiger partial charge on any atom is -0.479 e. The van der Waals surface area contributed by atoms with Crippen LogP contribution in [0.4, 0.5) is 0 Å². The molecule has 2 saturated heterocycles. The van der Waals surface area contributed by atoms with Gasteiger partial charge in [0, 0.05) is 14.0 Å². The monoisotopic (exact) mass is 449 g/mol. The van der Waals surface area contributed by atoms with Gasteiger partial charge in [-0.25, -0.2) is 4.79 Å².